The number of aromatic nitrogens is 1. The van der Waals surface area contributed by atoms with Crippen molar-refractivity contribution in [3.8, 4) is 5.88 Å². The summed E-state index contributed by atoms with van der Waals surface area (Å²) in [5.74, 6) is -0.329. The van der Waals surface area contributed by atoms with Gasteiger partial charge in [0.05, 0.1) is 19.3 Å². The molecule has 0 aliphatic carbocycles. The summed E-state index contributed by atoms with van der Waals surface area (Å²) in [6.45, 7) is 2.22. The van der Waals surface area contributed by atoms with Crippen LogP contribution in [0.1, 0.15) is 18.1 Å². The minimum Gasteiger partial charge on any atom is -0.473 e. The van der Waals surface area contributed by atoms with E-state index < -0.39 is 17.9 Å². The first kappa shape index (κ1) is 20.0. The van der Waals surface area contributed by atoms with Crippen molar-refractivity contribution in [1.29, 1.82) is 0 Å². The van der Waals surface area contributed by atoms with Gasteiger partial charge in [0, 0.05) is 29.2 Å². The molecule has 9 nitrogen and oxygen atoms in total. The highest BCUT2D eigenvalue weighted by atomic mass is 19.1. The van der Waals surface area contributed by atoms with Crippen molar-refractivity contribution in [3.63, 3.8) is 0 Å². The molecule has 0 fully saturated rings. The molecule has 1 aromatic heterocycles. The predicted molar refractivity (Wildman–Crippen MR) is 118 cm³/mol. The highest BCUT2D eigenvalue weighted by Gasteiger charge is 2.39. The number of aliphatic imine (C=N–C) groups is 1. The summed E-state index contributed by atoms with van der Waals surface area (Å²) < 4.78 is 19.8. The van der Waals surface area contributed by atoms with Crippen molar-refractivity contribution in [2.24, 2.45) is 16.0 Å². The first-order chi connectivity index (χ1) is 15.5. The van der Waals surface area contributed by atoms with Crippen molar-refractivity contribution < 1.29 is 13.9 Å². The Hall–Kier alpha value is -3.95. The Morgan fingerprint density at radius 2 is 2.09 bits per heavy atom. The maximum absolute atomic E-state index is 13.9. The first-order valence-electron chi connectivity index (χ1n) is 10.3. The van der Waals surface area contributed by atoms with E-state index in [4.69, 9.17) is 15.5 Å². The molecule has 4 heterocycles. The van der Waals surface area contributed by atoms with Gasteiger partial charge in [0.25, 0.3) is 0 Å². The summed E-state index contributed by atoms with van der Waals surface area (Å²) in [5, 5.41) is 12.3. The molecular weight excluding hydrogens is 413 g/mol. The van der Waals surface area contributed by atoms with Crippen LogP contribution in [0.2, 0.25) is 0 Å². The fraction of sp³-hybridized carbons (Fsp3) is 0.273. The number of amides is 1. The lowest BCUT2D eigenvalue weighted by Crippen LogP contribution is -2.53. The third kappa shape index (κ3) is 3.75. The number of nitrogens with one attached hydrogen (secondary N) is 2. The second-order valence-corrected chi connectivity index (χ2v) is 7.88. The van der Waals surface area contributed by atoms with Crippen LogP contribution in [0.25, 0.3) is 5.57 Å². The molecule has 1 aromatic carbocycles. The van der Waals surface area contributed by atoms with Crippen LogP contribution in [0.3, 0.4) is 0 Å². The van der Waals surface area contributed by atoms with E-state index in [1.807, 2.05) is 25.3 Å². The Labute approximate surface area is 183 Å². The van der Waals surface area contributed by atoms with E-state index in [9.17, 15) is 9.18 Å². The Morgan fingerprint density at radius 1 is 1.28 bits per heavy atom. The predicted octanol–water partition coefficient (Wildman–Crippen LogP) is 1.49. The van der Waals surface area contributed by atoms with Gasteiger partial charge in [-0.15, -0.1) is 0 Å². The summed E-state index contributed by atoms with van der Waals surface area (Å²) in [7, 11) is 0. The molecule has 32 heavy (non-hydrogen) atoms. The van der Waals surface area contributed by atoms with Crippen LogP contribution < -0.4 is 21.1 Å². The minimum atomic E-state index is -0.518. The molecule has 164 valence electrons. The number of carbonyl (C=O) groups is 1. The quantitative estimate of drug-likeness (QED) is 0.585. The Bertz CT molecular complexity index is 1150. The van der Waals surface area contributed by atoms with E-state index in [1.165, 1.54) is 6.07 Å². The lowest BCUT2D eigenvalue weighted by Gasteiger charge is -2.32. The number of hydrogen-bond donors (Lipinski definition) is 3. The number of nitrogens with two attached hydrogens (primary N) is 1. The van der Waals surface area contributed by atoms with Crippen LogP contribution in [0, 0.1) is 11.7 Å². The number of rotatable bonds is 1. The number of nitrogens with zero attached hydrogens (tertiary/aromatic N) is 4. The third-order valence-electron chi connectivity index (χ3n) is 5.49. The highest BCUT2D eigenvalue weighted by Crippen LogP contribution is 2.29. The van der Waals surface area contributed by atoms with E-state index in [0.717, 1.165) is 17.3 Å². The molecule has 10 heteroatoms. The SMILES string of the molecule is C[C@H]1CNC(=O)C2C=NN3C=C(c4ccc(N)cc4)C(=NCc4cc(F)cnc4O1)NC23. The lowest BCUT2D eigenvalue weighted by molar-refractivity contribution is -0.124. The largest absolute Gasteiger partial charge is 0.473 e. The smallest absolute Gasteiger partial charge is 0.232 e. The molecule has 2 aromatic rings. The van der Waals surface area contributed by atoms with Gasteiger partial charge in [0.2, 0.25) is 11.8 Å². The topological polar surface area (TPSA) is 117 Å². The maximum atomic E-state index is 13.9. The number of pyridine rings is 1. The molecule has 3 aliphatic rings. The van der Waals surface area contributed by atoms with Crippen molar-refractivity contribution in [2.75, 3.05) is 12.3 Å². The van der Waals surface area contributed by atoms with Gasteiger partial charge >= 0.3 is 0 Å². The number of hydrogen-bond acceptors (Lipinski definition) is 8. The molecule has 0 spiro atoms. The summed E-state index contributed by atoms with van der Waals surface area (Å²) in [6, 6.07) is 8.74. The molecule has 2 unspecified atom stereocenters. The highest BCUT2D eigenvalue weighted by molar-refractivity contribution is 6.23. The Balaban J connectivity index is 1.59. The number of anilines is 1. The van der Waals surface area contributed by atoms with Crippen molar-refractivity contribution in [3.05, 3.63) is 59.7 Å². The maximum Gasteiger partial charge on any atom is 0.232 e. The van der Waals surface area contributed by atoms with Crippen molar-refractivity contribution in [1.82, 2.24) is 20.6 Å². The van der Waals surface area contributed by atoms with Gasteiger partial charge in [0.1, 0.15) is 29.8 Å². The molecule has 4 N–H and O–H groups in total. The second-order valence-electron chi connectivity index (χ2n) is 7.88. The fourth-order valence-electron chi connectivity index (χ4n) is 3.81. The zero-order valence-corrected chi connectivity index (χ0v) is 17.3. The first-order valence-corrected chi connectivity index (χ1v) is 10.3. The molecule has 0 saturated heterocycles. The fourth-order valence-corrected chi connectivity index (χ4v) is 3.81. The van der Waals surface area contributed by atoms with Gasteiger partial charge in [-0.25, -0.2) is 14.4 Å². The van der Waals surface area contributed by atoms with Crippen molar-refractivity contribution >= 4 is 29.2 Å². The van der Waals surface area contributed by atoms with Gasteiger partial charge in [-0.2, -0.15) is 5.10 Å². The van der Waals surface area contributed by atoms with Crippen LogP contribution in [-0.2, 0) is 11.3 Å². The second kappa shape index (κ2) is 7.95. The van der Waals surface area contributed by atoms with E-state index in [-0.39, 0.29) is 31.0 Å². The van der Waals surface area contributed by atoms with E-state index in [1.54, 1.807) is 23.4 Å². The average Bonchev–Trinajstić information content (AvgIpc) is 3.20. The van der Waals surface area contributed by atoms with Gasteiger partial charge in [-0.3, -0.25) is 9.79 Å². The van der Waals surface area contributed by atoms with Crippen molar-refractivity contribution in [2.45, 2.75) is 25.7 Å². The lowest BCUT2D eigenvalue weighted by atomic mass is 10.0. The summed E-state index contributed by atoms with van der Waals surface area (Å²) in [5.41, 5.74) is 8.64. The molecule has 5 rings (SSSR count). The molecule has 2 bridgehead atoms. The van der Waals surface area contributed by atoms with E-state index >= 15 is 0 Å². The van der Waals surface area contributed by atoms with Crippen LogP contribution in [0.15, 0.2) is 52.8 Å². The van der Waals surface area contributed by atoms with Gasteiger partial charge in [-0.1, -0.05) is 12.1 Å². The molecule has 3 atom stereocenters. The van der Waals surface area contributed by atoms with Gasteiger partial charge in [-0.05, 0) is 30.7 Å². The number of amidine groups is 1. The molecule has 0 saturated carbocycles. The van der Waals surface area contributed by atoms with Crippen LogP contribution >= 0.6 is 0 Å². The molecule has 0 radical (unpaired) electrons. The van der Waals surface area contributed by atoms with Crippen LogP contribution in [0.4, 0.5) is 10.1 Å². The number of ether oxygens (including phenoxy) is 1. The zero-order chi connectivity index (χ0) is 22.2. The average molecular weight is 435 g/mol. The number of carbonyl (C=O) groups excluding carboxylic acids is 1. The van der Waals surface area contributed by atoms with Crippen LogP contribution in [-0.4, -0.2) is 46.8 Å². The normalized spacial score (nSPS) is 24.5. The molecular formula is C22H22FN7O2. The minimum absolute atomic E-state index is 0.140. The van der Waals surface area contributed by atoms with E-state index in [2.05, 4.69) is 20.7 Å². The molecule has 1 amide bonds. The molecule has 3 aliphatic heterocycles. The number of hydrazone groups is 1. The zero-order valence-electron chi connectivity index (χ0n) is 17.3. The summed E-state index contributed by atoms with van der Waals surface area (Å²) in [4.78, 5) is 21.6. The van der Waals surface area contributed by atoms with Gasteiger partial charge < -0.3 is 21.1 Å². The number of benzene rings is 1. The monoisotopic (exact) mass is 435 g/mol. The summed E-state index contributed by atoms with van der Waals surface area (Å²) >= 11 is 0. The number of halogens is 1. The van der Waals surface area contributed by atoms with E-state index in [0.29, 0.717) is 17.1 Å². The summed E-state index contributed by atoms with van der Waals surface area (Å²) in [6.07, 6.45) is 3.78. The Kier molecular flexibility index (Phi) is 4.96. The third-order valence-corrected chi connectivity index (χ3v) is 5.49. The standard InChI is InChI=1S/C22H22FN7O2/c1-12-7-26-21(31)17-10-28-30-11-18(13-2-4-16(24)5-3-13)19(29-20(17)30)25-8-14-6-15(23)9-27-22(14)32-12/h2-6,9-12,17,20H,7-8,24H2,1H3,(H,25,29)(H,26,31)/t12-,17?,20?/m0/s1. The number of fused-ring (bicyclic) bond motifs is 2. The Morgan fingerprint density at radius 3 is 2.91 bits per heavy atom. The number of nitrogen functional groups attached to an aromatic ring is 1. The van der Waals surface area contributed by atoms with Gasteiger partial charge in [0.15, 0.2) is 0 Å². The van der Waals surface area contributed by atoms with Crippen LogP contribution in [0.5, 0.6) is 5.88 Å².